The first-order chi connectivity index (χ1) is 30.2. The Bertz CT molecular complexity index is 2830. The van der Waals surface area contributed by atoms with Crippen LogP contribution in [0.3, 0.4) is 0 Å². The summed E-state index contributed by atoms with van der Waals surface area (Å²) in [6.45, 7) is 0.0847. The SMILES string of the molecule is O=C(NCCCC(CCCNC(=O)c1cc(S(=O)(=O)O)c2cccnc2c1O)CCCNC(=O)c1cc(S(=O)(=O)O)c2cccnc2c1O)c1cc(S(=O)(=O)O)c2cccnc2c1O. The van der Waals surface area contributed by atoms with Gasteiger partial charge in [0, 0.05) is 54.4 Å². The van der Waals surface area contributed by atoms with Crippen LogP contribution >= 0.6 is 0 Å². The number of benzene rings is 3. The molecule has 0 unspecified atom stereocenters. The highest BCUT2D eigenvalue weighted by Gasteiger charge is 2.26. The number of nitrogens with one attached hydrogen (secondary N) is 3. The van der Waals surface area contributed by atoms with E-state index < -0.39 is 96.7 Å². The number of pyridine rings is 3. The number of aromatic nitrogens is 3. The molecule has 0 aliphatic heterocycles. The van der Waals surface area contributed by atoms with Crippen LogP contribution in [-0.4, -0.2) is 107 Å². The van der Waals surface area contributed by atoms with Crippen molar-refractivity contribution in [3.63, 3.8) is 0 Å². The summed E-state index contributed by atoms with van der Waals surface area (Å²) < 4.78 is 102. The summed E-state index contributed by atoms with van der Waals surface area (Å²) in [5.41, 5.74) is -2.01. The Hall–Kier alpha value is -6.57. The van der Waals surface area contributed by atoms with Crippen LogP contribution in [0.5, 0.6) is 17.2 Å². The first-order valence-electron chi connectivity index (χ1n) is 19.3. The third-order valence-electron chi connectivity index (χ3n) is 10.3. The highest BCUT2D eigenvalue weighted by Crippen LogP contribution is 2.35. The van der Waals surface area contributed by atoms with Crippen molar-refractivity contribution in [3.8, 4) is 17.2 Å². The number of phenols is 3. The van der Waals surface area contributed by atoms with E-state index in [1.54, 1.807) is 0 Å². The second-order valence-electron chi connectivity index (χ2n) is 14.5. The molecule has 0 spiro atoms. The number of hydrogen-bond donors (Lipinski definition) is 9. The van der Waals surface area contributed by atoms with E-state index in [0.29, 0.717) is 38.5 Å². The summed E-state index contributed by atoms with van der Waals surface area (Å²) in [4.78, 5) is 49.5. The molecule has 9 N–H and O–H groups in total. The molecule has 0 atom stereocenters. The second-order valence-corrected chi connectivity index (χ2v) is 18.7. The third-order valence-corrected chi connectivity index (χ3v) is 13.0. The van der Waals surface area contributed by atoms with Gasteiger partial charge in [-0.15, -0.1) is 0 Å². The van der Waals surface area contributed by atoms with Gasteiger partial charge >= 0.3 is 0 Å². The number of amides is 3. The Labute approximate surface area is 364 Å². The Morgan fingerprint density at radius 3 is 1.00 bits per heavy atom. The molecule has 0 aliphatic rings. The van der Waals surface area contributed by atoms with Gasteiger partial charge < -0.3 is 31.3 Å². The lowest BCUT2D eigenvalue weighted by molar-refractivity contribution is 0.0942. The normalized spacial score (nSPS) is 12.2. The van der Waals surface area contributed by atoms with Crippen molar-refractivity contribution in [2.75, 3.05) is 19.6 Å². The molecule has 6 aromatic rings. The number of rotatable bonds is 18. The quantitative estimate of drug-likeness (QED) is 0.0438. The Kier molecular flexibility index (Phi) is 14.0. The van der Waals surface area contributed by atoms with Crippen molar-refractivity contribution in [1.29, 1.82) is 0 Å². The summed E-state index contributed by atoms with van der Waals surface area (Å²) >= 11 is 0. The molecule has 0 fully saturated rings. The highest BCUT2D eigenvalue weighted by molar-refractivity contribution is 7.86. The van der Waals surface area contributed by atoms with E-state index >= 15 is 0 Å². The van der Waals surface area contributed by atoms with Gasteiger partial charge in [0.2, 0.25) is 0 Å². The monoisotopic (exact) mass is 940 g/mol. The zero-order valence-corrected chi connectivity index (χ0v) is 35.7. The molecule has 21 nitrogen and oxygen atoms in total. The minimum Gasteiger partial charge on any atom is -0.505 e. The van der Waals surface area contributed by atoms with Crippen molar-refractivity contribution in [1.82, 2.24) is 30.9 Å². The lowest BCUT2D eigenvalue weighted by atomic mass is 9.92. The fourth-order valence-corrected chi connectivity index (χ4v) is 9.38. The summed E-state index contributed by atoms with van der Waals surface area (Å²) in [6, 6.07) is 10.6. The maximum absolute atomic E-state index is 13.2. The lowest BCUT2D eigenvalue weighted by Gasteiger charge is -2.18. The molecule has 0 bridgehead atoms. The van der Waals surface area contributed by atoms with Crippen molar-refractivity contribution in [2.45, 2.75) is 53.2 Å². The van der Waals surface area contributed by atoms with Gasteiger partial charge in [0.15, 0.2) is 17.2 Å². The Morgan fingerprint density at radius 2 is 0.750 bits per heavy atom. The molecule has 0 radical (unpaired) electrons. The van der Waals surface area contributed by atoms with Gasteiger partial charge in [0.25, 0.3) is 48.1 Å². The van der Waals surface area contributed by atoms with Crippen LogP contribution < -0.4 is 16.0 Å². The van der Waals surface area contributed by atoms with Gasteiger partial charge in [-0.05, 0) is 99.0 Å². The zero-order chi connectivity index (χ0) is 46.6. The smallest absolute Gasteiger partial charge is 0.295 e. The van der Waals surface area contributed by atoms with Gasteiger partial charge in [0.1, 0.15) is 31.2 Å². The zero-order valence-electron chi connectivity index (χ0n) is 33.3. The molecule has 0 aliphatic carbocycles. The predicted octanol–water partition coefficient (Wildman–Crippen LogP) is 3.73. The standard InChI is InChI=1S/C40H40N6O15S3/c47-35-26(19-29(62(53,54)55)23-10-4-13-41-32(23)35)38(50)44-16-1-7-22(8-2-17-45-39(51)27-20-30(63(56,57)58)24-11-5-14-42-33(24)36(27)48)9-3-18-46-40(52)28-21-31(64(59,60)61)25-12-6-15-43-34(25)37(28)49/h4-6,10-15,19-22,47-49H,1-3,7-9,16-18H2,(H,44,50)(H,45,51)(H,46,52)(H,53,54,55)(H,56,57,58)(H,59,60,61). The van der Waals surface area contributed by atoms with Crippen LogP contribution in [0.4, 0.5) is 0 Å². The fourth-order valence-electron chi connectivity index (χ4n) is 7.25. The minimum absolute atomic E-state index is 0.0282. The van der Waals surface area contributed by atoms with E-state index in [0.717, 1.165) is 18.2 Å². The average Bonchev–Trinajstić information content (AvgIpc) is 3.24. The first-order valence-corrected chi connectivity index (χ1v) is 23.6. The van der Waals surface area contributed by atoms with E-state index in [-0.39, 0.29) is 58.3 Å². The number of nitrogens with zero attached hydrogens (tertiary/aromatic N) is 3. The number of phenolic OH excluding ortho intramolecular Hbond substituents is 3. The Balaban J connectivity index is 1.12. The number of carbonyl (C=O) groups excluding carboxylic acids is 3. The largest absolute Gasteiger partial charge is 0.505 e. The van der Waals surface area contributed by atoms with E-state index in [2.05, 4.69) is 30.9 Å². The summed E-state index contributed by atoms with van der Waals surface area (Å²) in [7, 11) is -14.5. The van der Waals surface area contributed by atoms with Crippen LogP contribution in [0.15, 0.2) is 87.9 Å². The predicted molar refractivity (Wildman–Crippen MR) is 228 cm³/mol. The molecule has 0 saturated heterocycles. The first kappa shape index (κ1) is 46.9. The van der Waals surface area contributed by atoms with E-state index in [4.69, 9.17) is 0 Å². The molecule has 6 rings (SSSR count). The van der Waals surface area contributed by atoms with E-state index in [1.807, 2.05) is 0 Å². The van der Waals surface area contributed by atoms with Crippen LogP contribution in [0, 0.1) is 5.92 Å². The van der Waals surface area contributed by atoms with Gasteiger partial charge in [-0.3, -0.25) is 43.0 Å². The Morgan fingerprint density at radius 1 is 0.484 bits per heavy atom. The molecule has 3 amide bonds. The van der Waals surface area contributed by atoms with Crippen LogP contribution in [0.25, 0.3) is 32.7 Å². The van der Waals surface area contributed by atoms with Crippen molar-refractivity contribution in [2.24, 2.45) is 5.92 Å². The third kappa shape index (κ3) is 10.4. The van der Waals surface area contributed by atoms with Crippen molar-refractivity contribution >= 4 is 80.8 Å². The summed E-state index contributed by atoms with van der Waals surface area (Å²) in [5, 5.41) is 39.8. The highest BCUT2D eigenvalue weighted by atomic mass is 32.2. The van der Waals surface area contributed by atoms with Crippen LogP contribution in [-0.2, 0) is 30.4 Å². The maximum Gasteiger partial charge on any atom is 0.295 e. The van der Waals surface area contributed by atoms with Gasteiger partial charge in [-0.1, -0.05) is 0 Å². The number of fused-ring (bicyclic) bond motifs is 3. The van der Waals surface area contributed by atoms with Gasteiger partial charge in [0.05, 0.1) is 16.7 Å². The topological polar surface area (TPSA) is 350 Å². The molecule has 24 heteroatoms. The number of aromatic hydroxyl groups is 3. The van der Waals surface area contributed by atoms with Crippen molar-refractivity contribution in [3.05, 3.63) is 89.9 Å². The average molecular weight is 941 g/mol. The molecular formula is C40H40N6O15S3. The van der Waals surface area contributed by atoms with E-state index in [9.17, 15) is 68.6 Å². The molecule has 3 aromatic heterocycles. The fraction of sp³-hybridized carbons (Fsp3) is 0.250. The van der Waals surface area contributed by atoms with Crippen molar-refractivity contribution < 1.29 is 68.6 Å². The molecular weight excluding hydrogens is 901 g/mol. The lowest BCUT2D eigenvalue weighted by Crippen LogP contribution is -2.27. The molecule has 3 aromatic carbocycles. The molecule has 0 saturated carbocycles. The minimum atomic E-state index is -4.82. The molecule has 64 heavy (non-hydrogen) atoms. The summed E-state index contributed by atoms with van der Waals surface area (Å²) in [5.74, 6) is -4.53. The second kappa shape index (κ2) is 19.0. The number of carbonyl (C=O) groups is 3. The maximum atomic E-state index is 13.2. The molecule has 3 heterocycles. The van der Waals surface area contributed by atoms with Gasteiger partial charge in [-0.2, -0.15) is 25.3 Å². The van der Waals surface area contributed by atoms with Crippen LogP contribution in [0.1, 0.15) is 69.6 Å². The van der Waals surface area contributed by atoms with Crippen LogP contribution in [0.2, 0.25) is 0 Å². The van der Waals surface area contributed by atoms with E-state index in [1.165, 1.54) is 55.0 Å². The summed E-state index contributed by atoms with van der Waals surface area (Å²) in [6.07, 6.45) is 6.11. The number of hydrogen-bond acceptors (Lipinski definition) is 15. The van der Waals surface area contributed by atoms with Gasteiger partial charge in [-0.25, -0.2) is 0 Å². The molecule has 338 valence electrons.